The Bertz CT molecular complexity index is 76.1. The standard InChI is InChI=1S/C5H8O2/c1-2-4(6)5-3-7-5/h2,4-6H,1,3H2/t4-,5-/m1/s1. The van der Waals surface area contributed by atoms with Crippen molar-refractivity contribution in [2.75, 3.05) is 6.61 Å². The molecule has 1 fully saturated rings. The third-order valence-electron chi connectivity index (χ3n) is 0.982. The summed E-state index contributed by atoms with van der Waals surface area (Å²) >= 11 is 0. The van der Waals surface area contributed by atoms with Crippen LogP contribution in [-0.4, -0.2) is 23.9 Å². The summed E-state index contributed by atoms with van der Waals surface area (Å²) in [5.41, 5.74) is 0. The lowest BCUT2D eigenvalue weighted by atomic mass is 10.3. The summed E-state index contributed by atoms with van der Waals surface area (Å²) in [7, 11) is 0. The third kappa shape index (κ3) is 1.01. The first kappa shape index (κ1) is 4.81. The quantitative estimate of drug-likeness (QED) is 0.389. The Kier molecular flexibility index (Phi) is 1.13. The molecule has 0 aromatic carbocycles. The van der Waals surface area contributed by atoms with Crippen LogP contribution in [0.3, 0.4) is 0 Å². The maximum Gasteiger partial charge on any atom is 0.110 e. The summed E-state index contributed by atoms with van der Waals surface area (Å²) in [6.45, 7) is 4.08. The van der Waals surface area contributed by atoms with Crippen LogP contribution in [0.2, 0.25) is 0 Å². The molecule has 2 nitrogen and oxygen atoms in total. The minimum absolute atomic E-state index is 0.0532. The zero-order chi connectivity index (χ0) is 5.28. The first-order valence-electron chi connectivity index (χ1n) is 2.27. The van der Waals surface area contributed by atoms with Crippen LogP contribution in [0.4, 0.5) is 0 Å². The molecule has 0 aliphatic carbocycles. The van der Waals surface area contributed by atoms with Crippen LogP contribution < -0.4 is 0 Å². The van der Waals surface area contributed by atoms with Crippen LogP contribution in [-0.2, 0) is 4.74 Å². The van der Waals surface area contributed by atoms with Gasteiger partial charge in [0.15, 0.2) is 0 Å². The first-order chi connectivity index (χ1) is 3.34. The molecule has 1 heterocycles. The molecule has 1 rings (SSSR count). The Labute approximate surface area is 42.4 Å². The van der Waals surface area contributed by atoms with Gasteiger partial charge >= 0.3 is 0 Å². The van der Waals surface area contributed by atoms with Crippen molar-refractivity contribution in [3.63, 3.8) is 0 Å². The van der Waals surface area contributed by atoms with Gasteiger partial charge in [0.1, 0.15) is 12.2 Å². The van der Waals surface area contributed by atoms with Crippen molar-refractivity contribution >= 4 is 0 Å². The Morgan fingerprint density at radius 3 is 2.71 bits per heavy atom. The fraction of sp³-hybridized carbons (Fsp3) is 0.600. The Morgan fingerprint density at radius 1 is 2.00 bits per heavy atom. The van der Waals surface area contributed by atoms with E-state index < -0.39 is 6.10 Å². The average Bonchev–Trinajstić information content (AvgIpc) is 2.44. The normalized spacial score (nSPS) is 31.9. The maximum atomic E-state index is 8.75. The summed E-state index contributed by atoms with van der Waals surface area (Å²) in [4.78, 5) is 0. The molecular formula is C5H8O2. The summed E-state index contributed by atoms with van der Waals surface area (Å²) in [5, 5.41) is 8.75. The van der Waals surface area contributed by atoms with Crippen molar-refractivity contribution in [3.8, 4) is 0 Å². The first-order valence-corrected chi connectivity index (χ1v) is 2.27. The molecule has 0 aromatic rings. The molecule has 0 bridgehead atoms. The van der Waals surface area contributed by atoms with E-state index in [-0.39, 0.29) is 6.10 Å². The van der Waals surface area contributed by atoms with Gasteiger partial charge in [-0.05, 0) is 0 Å². The largest absolute Gasteiger partial charge is 0.386 e. The van der Waals surface area contributed by atoms with Gasteiger partial charge in [-0.1, -0.05) is 6.08 Å². The number of rotatable bonds is 2. The average molecular weight is 100 g/mol. The summed E-state index contributed by atoms with van der Waals surface area (Å²) in [6.07, 6.45) is 1.09. The predicted molar refractivity (Wildman–Crippen MR) is 25.9 cm³/mol. The monoisotopic (exact) mass is 100 g/mol. The minimum Gasteiger partial charge on any atom is -0.386 e. The van der Waals surface area contributed by atoms with Gasteiger partial charge in [0.05, 0.1) is 6.61 Å². The lowest BCUT2D eigenvalue weighted by molar-refractivity contribution is 0.178. The predicted octanol–water partition coefficient (Wildman–Crippen LogP) is -0.0679. The highest BCUT2D eigenvalue weighted by atomic mass is 16.6. The fourth-order valence-corrected chi connectivity index (χ4v) is 0.405. The summed E-state index contributed by atoms with van der Waals surface area (Å²) in [6, 6.07) is 0. The highest BCUT2D eigenvalue weighted by molar-refractivity contribution is 4.90. The van der Waals surface area contributed by atoms with Gasteiger partial charge in [-0.2, -0.15) is 0 Å². The molecule has 2 heteroatoms. The van der Waals surface area contributed by atoms with E-state index in [1.807, 2.05) is 0 Å². The summed E-state index contributed by atoms with van der Waals surface area (Å²) < 4.78 is 4.74. The van der Waals surface area contributed by atoms with Gasteiger partial charge in [-0.25, -0.2) is 0 Å². The second-order valence-corrected chi connectivity index (χ2v) is 1.60. The van der Waals surface area contributed by atoms with Crippen molar-refractivity contribution in [2.24, 2.45) is 0 Å². The number of hydrogen-bond donors (Lipinski definition) is 1. The fourth-order valence-electron chi connectivity index (χ4n) is 0.405. The summed E-state index contributed by atoms with van der Waals surface area (Å²) in [5.74, 6) is 0. The molecule has 0 radical (unpaired) electrons. The van der Waals surface area contributed by atoms with Crippen LogP contribution in [0.15, 0.2) is 12.7 Å². The number of ether oxygens (including phenoxy) is 1. The Balaban J connectivity index is 2.22. The van der Waals surface area contributed by atoms with Crippen LogP contribution in [0.5, 0.6) is 0 Å². The van der Waals surface area contributed by atoms with Gasteiger partial charge in [0.25, 0.3) is 0 Å². The Morgan fingerprint density at radius 2 is 2.57 bits per heavy atom. The second-order valence-electron chi connectivity index (χ2n) is 1.60. The smallest absolute Gasteiger partial charge is 0.110 e. The van der Waals surface area contributed by atoms with Gasteiger partial charge in [-0.3, -0.25) is 0 Å². The minimum atomic E-state index is -0.444. The highest BCUT2D eigenvalue weighted by Gasteiger charge is 2.28. The molecule has 0 aromatic heterocycles. The van der Waals surface area contributed by atoms with E-state index in [0.717, 1.165) is 0 Å². The topological polar surface area (TPSA) is 32.8 Å². The molecular weight excluding hydrogens is 92.1 g/mol. The molecule has 40 valence electrons. The molecule has 1 aliphatic heterocycles. The van der Waals surface area contributed by atoms with E-state index in [1.54, 1.807) is 0 Å². The lowest BCUT2D eigenvalue weighted by Crippen LogP contribution is -2.09. The molecule has 0 spiro atoms. The van der Waals surface area contributed by atoms with E-state index in [9.17, 15) is 0 Å². The Hall–Kier alpha value is -0.340. The molecule has 7 heavy (non-hydrogen) atoms. The molecule has 2 atom stereocenters. The number of aliphatic hydroxyl groups is 1. The van der Waals surface area contributed by atoms with Crippen molar-refractivity contribution in [1.82, 2.24) is 0 Å². The van der Waals surface area contributed by atoms with Crippen molar-refractivity contribution in [2.45, 2.75) is 12.2 Å². The third-order valence-corrected chi connectivity index (χ3v) is 0.982. The van der Waals surface area contributed by atoms with Gasteiger partial charge in [0.2, 0.25) is 0 Å². The van der Waals surface area contributed by atoms with Crippen LogP contribution in [0, 0.1) is 0 Å². The van der Waals surface area contributed by atoms with Crippen LogP contribution in [0.1, 0.15) is 0 Å². The van der Waals surface area contributed by atoms with E-state index in [0.29, 0.717) is 6.61 Å². The number of hydrogen-bond acceptors (Lipinski definition) is 2. The van der Waals surface area contributed by atoms with E-state index in [4.69, 9.17) is 9.84 Å². The zero-order valence-electron chi connectivity index (χ0n) is 4.00. The van der Waals surface area contributed by atoms with Crippen molar-refractivity contribution in [3.05, 3.63) is 12.7 Å². The molecule has 1 saturated heterocycles. The van der Waals surface area contributed by atoms with Gasteiger partial charge < -0.3 is 9.84 Å². The molecule has 0 amide bonds. The van der Waals surface area contributed by atoms with Crippen molar-refractivity contribution < 1.29 is 9.84 Å². The van der Waals surface area contributed by atoms with E-state index >= 15 is 0 Å². The maximum absolute atomic E-state index is 8.75. The number of aliphatic hydroxyl groups excluding tert-OH is 1. The van der Waals surface area contributed by atoms with Crippen LogP contribution in [0.25, 0.3) is 0 Å². The van der Waals surface area contributed by atoms with E-state index in [2.05, 4.69) is 6.58 Å². The van der Waals surface area contributed by atoms with Gasteiger partial charge in [0, 0.05) is 0 Å². The molecule has 0 unspecified atom stereocenters. The zero-order valence-corrected chi connectivity index (χ0v) is 4.00. The second kappa shape index (κ2) is 1.64. The number of epoxide rings is 1. The lowest BCUT2D eigenvalue weighted by Gasteiger charge is -1.93. The van der Waals surface area contributed by atoms with Crippen molar-refractivity contribution in [1.29, 1.82) is 0 Å². The molecule has 0 saturated carbocycles. The van der Waals surface area contributed by atoms with Gasteiger partial charge in [-0.15, -0.1) is 6.58 Å². The molecule has 1 aliphatic rings. The van der Waals surface area contributed by atoms with E-state index in [1.165, 1.54) is 6.08 Å². The van der Waals surface area contributed by atoms with Crippen LogP contribution >= 0.6 is 0 Å². The highest BCUT2D eigenvalue weighted by Crippen LogP contribution is 2.13. The molecule has 1 N–H and O–H groups in total. The SMILES string of the molecule is C=C[C@@H](O)[C@H]1CO1.